The first-order valence-electron chi connectivity index (χ1n) is 9.68. The molecule has 1 N–H and O–H groups in total. The summed E-state index contributed by atoms with van der Waals surface area (Å²) < 4.78 is 0. The van der Waals surface area contributed by atoms with Crippen LogP contribution in [-0.2, 0) is 0 Å². The van der Waals surface area contributed by atoms with Crippen molar-refractivity contribution < 1.29 is 0 Å². The Morgan fingerprint density at radius 2 is 1.27 bits per heavy atom. The molecule has 0 aromatic rings. The Morgan fingerprint density at radius 1 is 0.818 bits per heavy atom. The van der Waals surface area contributed by atoms with Gasteiger partial charge in [0.1, 0.15) is 0 Å². The van der Waals surface area contributed by atoms with E-state index in [0.717, 1.165) is 0 Å². The number of hydrogen-bond donors (Lipinski definition) is 1. The van der Waals surface area contributed by atoms with Crippen LogP contribution < -0.4 is 5.32 Å². The van der Waals surface area contributed by atoms with Gasteiger partial charge in [0.05, 0.1) is 5.54 Å². The summed E-state index contributed by atoms with van der Waals surface area (Å²) >= 11 is 0. The molecule has 0 heterocycles. The van der Waals surface area contributed by atoms with Crippen LogP contribution in [-0.4, -0.2) is 11.6 Å². The van der Waals surface area contributed by atoms with Crippen molar-refractivity contribution >= 4 is 0 Å². The Labute approximate surface area is 138 Å². The third kappa shape index (κ3) is 4.72. The third-order valence-corrected chi connectivity index (χ3v) is 6.05. The first-order valence-corrected chi connectivity index (χ1v) is 9.68. The molecule has 0 spiro atoms. The zero-order valence-electron chi connectivity index (χ0n) is 15.4. The zero-order valence-corrected chi connectivity index (χ0v) is 15.4. The molecule has 2 aliphatic carbocycles. The molecule has 0 aromatic heterocycles. The monoisotopic (exact) mass is 303 g/mol. The van der Waals surface area contributed by atoms with Gasteiger partial charge in [0.2, 0.25) is 0 Å². The fourth-order valence-corrected chi connectivity index (χ4v) is 4.22. The lowest BCUT2D eigenvalue weighted by Crippen LogP contribution is -2.47. The Hall–Kier alpha value is -0.560. The first kappa shape index (κ1) is 17.8. The van der Waals surface area contributed by atoms with Crippen LogP contribution in [0.3, 0.4) is 0 Å². The molecule has 1 unspecified atom stereocenters. The minimum atomic E-state index is 0.0932. The van der Waals surface area contributed by atoms with Crippen molar-refractivity contribution in [2.75, 3.05) is 0 Å². The predicted molar refractivity (Wildman–Crippen MR) is 98.2 cm³/mol. The van der Waals surface area contributed by atoms with Gasteiger partial charge in [-0.15, -0.1) is 0 Å². The van der Waals surface area contributed by atoms with E-state index in [1.807, 2.05) is 0 Å². The van der Waals surface area contributed by atoms with Crippen molar-refractivity contribution in [3.63, 3.8) is 0 Å². The Morgan fingerprint density at radius 3 is 1.68 bits per heavy atom. The number of allylic oxidation sites excluding steroid dienone is 2. The summed E-state index contributed by atoms with van der Waals surface area (Å²) in [5.74, 6) is 0. The van der Waals surface area contributed by atoms with Crippen LogP contribution in [0.2, 0.25) is 0 Å². The van der Waals surface area contributed by atoms with E-state index in [4.69, 9.17) is 0 Å². The van der Waals surface area contributed by atoms with E-state index in [-0.39, 0.29) is 5.54 Å². The van der Waals surface area contributed by atoms with Crippen molar-refractivity contribution in [1.82, 2.24) is 5.32 Å². The zero-order chi connectivity index (χ0) is 16.0. The van der Waals surface area contributed by atoms with Gasteiger partial charge in [-0.3, -0.25) is 0 Å². The average Bonchev–Trinajstić information content (AvgIpc) is 2.66. The molecule has 1 heteroatoms. The van der Waals surface area contributed by atoms with Gasteiger partial charge in [0, 0.05) is 6.04 Å². The average molecular weight is 304 g/mol. The van der Waals surface area contributed by atoms with E-state index in [1.165, 1.54) is 87.3 Å². The molecule has 0 aliphatic heterocycles. The lowest BCUT2D eigenvalue weighted by atomic mass is 9.91. The van der Waals surface area contributed by atoms with Crippen LogP contribution in [0.5, 0.6) is 0 Å². The van der Waals surface area contributed by atoms with Gasteiger partial charge in [0.25, 0.3) is 0 Å². The molecule has 0 amide bonds. The fraction of sp³-hybridized carbons (Fsp3) is 0.810. The summed E-state index contributed by atoms with van der Waals surface area (Å²) in [4.78, 5) is 0. The second-order valence-corrected chi connectivity index (χ2v) is 7.88. The predicted octanol–water partition coefficient (Wildman–Crippen LogP) is 6.30. The Kier molecular flexibility index (Phi) is 6.74. The van der Waals surface area contributed by atoms with E-state index in [9.17, 15) is 0 Å². The molecule has 1 nitrogen and oxygen atoms in total. The minimum absolute atomic E-state index is 0.0932. The summed E-state index contributed by atoms with van der Waals surface area (Å²) in [6, 6.07) is 0.689. The highest BCUT2D eigenvalue weighted by Gasteiger charge is 2.32. The Balaban J connectivity index is 1.96. The van der Waals surface area contributed by atoms with Crippen LogP contribution in [0.4, 0.5) is 0 Å². The highest BCUT2D eigenvalue weighted by atomic mass is 15.0. The lowest BCUT2D eigenvalue weighted by Gasteiger charge is -2.33. The highest BCUT2D eigenvalue weighted by Crippen LogP contribution is 2.34. The quantitative estimate of drug-likeness (QED) is 0.630. The van der Waals surface area contributed by atoms with E-state index in [0.29, 0.717) is 6.04 Å². The summed E-state index contributed by atoms with van der Waals surface area (Å²) in [5.41, 5.74) is 4.57. The first-order chi connectivity index (χ1) is 10.5. The molecule has 1 atom stereocenters. The van der Waals surface area contributed by atoms with Gasteiger partial charge in [-0.2, -0.15) is 0 Å². The molecule has 0 bridgehead atoms. The molecule has 1 fully saturated rings. The topological polar surface area (TPSA) is 12.0 Å². The van der Waals surface area contributed by atoms with Crippen molar-refractivity contribution in [1.29, 1.82) is 0 Å². The normalized spacial score (nSPS) is 29.9. The molecule has 0 aromatic carbocycles. The van der Waals surface area contributed by atoms with Gasteiger partial charge in [0.15, 0.2) is 0 Å². The molecule has 126 valence electrons. The lowest BCUT2D eigenvalue weighted by molar-refractivity contribution is 0.351. The van der Waals surface area contributed by atoms with Crippen molar-refractivity contribution in [3.05, 3.63) is 22.8 Å². The molecule has 2 aliphatic rings. The summed E-state index contributed by atoms with van der Waals surface area (Å²) in [6.45, 7) is 9.21. The summed E-state index contributed by atoms with van der Waals surface area (Å²) in [6.07, 6.45) is 18.1. The maximum atomic E-state index is 4.02. The molecular weight excluding hydrogens is 266 g/mol. The van der Waals surface area contributed by atoms with Gasteiger partial charge < -0.3 is 5.32 Å². The van der Waals surface area contributed by atoms with E-state index >= 15 is 0 Å². The fourth-order valence-electron chi connectivity index (χ4n) is 4.22. The van der Waals surface area contributed by atoms with Crippen LogP contribution in [0.15, 0.2) is 22.8 Å². The van der Waals surface area contributed by atoms with Crippen molar-refractivity contribution in [2.24, 2.45) is 0 Å². The van der Waals surface area contributed by atoms with Crippen molar-refractivity contribution in [2.45, 2.75) is 110 Å². The summed E-state index contributed by atoms with van der Waals surface area (Å²) in [5, 5.41) is 4.02. The van der Waals surface area contributed by atoms with Crippen LogP contribution in [0.1, 0.15) is 98.3 Å². The van der Waals surface area contributed by atoms with Crippen molar-refractivity contribution in [3.8, 4) is 0 Å². The number of rotatable bonds is 2. The molecule has 1 saturated carbocycles. The van der Waals surface area contributed by atoms with E-state index in [1.54, 1.807) is 0 Å². The van der Waals surface area contributed by atoms with Gasteiger partial charge >= 0.3 is 0 Å². The standard InChI is InChI=1S/C21H37N/c1-17-16-21(4,19(3)18(17)2)22-20-14-12-10-8-6-5-7-9-11-13-15-20/h16,20,22H,5-15H2,1-4H3. The second kappa shape index (κ2) is 8.34. The van der Waals surface area contributed by atoms with Gasteiger partial charge in [-0.05, 0) is 51.7 Å². The third-order valence-electron chi connectivity index (χ3n) is 6.05. The second-order valence-electron chi connectivity index (χ2n) is 7.88. The van der Waals surface area contributed by atoms with Gasteiger partial charge in [-0.1, -0.05) is 69.4 Å². The van der Waals surface area contributed by atoms with E-state index in [2.05, 4.69) is 39.1 Å². The molecule has 0 radical (unpaired) electrons. The highest BCUT2D eigenvalue weighted by molar-refractivity contribution is 5.48. The largest absolute Gasteiger partial charge is 0.302 e. The molecule has 0 saturated heterocycles. The minimum Gasteiger partial charge on any atom is -0.302 e. The molecule has 22 heavy (non-hydrogen) atoms. The number of nitrogens with one attached hydrogen (secondary N) is 1. The van der Waals surface area contributed by atoms with Gasteiger partial charge in [-0.25, -0.2) is 0 Å². The van der Waals surface area contributed by atoms with E-state index < -0.39 is 0 Å². The molecular formula is C21H37N. The SMILES string of the molecule is CC1=CC(C)(NC2CCCCCCCCCCC2)C(C)=C1C. The number of hydrogen-bond acceptors (Lipinski definition) is 1. The maximum Gasteiger partial charge on any atom is 0.0561 e. The maximum absolute atomic E-state index is 4.02. The summed E-state index contributed by atoms with van der Waals surface area (Å²) in [7, 11) is 0. The van der Waals surface area contributed by atoms with Crippen LogP contribution >= 0.6 is 0 Å². The van der Waals surface area contributed by atoms with Crippen LogP contribution in [0, 0.1) is 0 Å². The van der Waals surface area contributed by atoms with Crippen LogP contribution in [0.25, 0.3) is 0 Å². The Bertz CT molecular complexity index is 406. The molecule has 2 rings (SSSR count). The smallest absolute Gasteiger partial charge is 0.0561 e.